The van der Waals surface area contributed by atoms with E-state index in [1.807, 2.05) is 12.1 Å². The number of methoxy groups -OCH3 is 1. The number of ether oxygens (including phenoxy) is 4. The molecule has 7 heteroatoms. The first-order chi connectivity index (χ1) is 15.2. The highest BCUT2D eigenvalue weighted by Gasteiger charge is 2.17. The Morgan fingerprint density at radius 1 is 1.06 bits per heavy atom. The van der Waals surface area contributed by atoms with Crippen LogP contribution in [0.3, 0.4) is 0 Å². The van der Waals surface area contributed by atoms with Gasteiger partial charge in [0.05, 0.1) is 20.3 Å². The topological polar surface area (TPSA) is 69.3 Å². The van der Waals surface area contributed by atoms with Crippen molar-refractivity contribution in [3.63, 3.8) is 0 Å². The smallest absolute Gasteiger partial charge is 0.244 e. The summed E-state index contributed by atoms with van der Waals surface area (Å²) in [6.45, 7) is 5.94. The van der Waals surface area contributed by atoms with Gasteiger partial charge in [-0.3, -0.25) is 9.69 Å². The lowest BCUT2D eigenvalue weighted by molar-refractivity contribution is -0.116. The Bertz CT molecular complexity index is 903. The van der Waals surface area contributed by atoms with Gasteiger partial charge in [0.15, 0.2) is 11.5 Å². The van der Waals surface area contributed by atoms with Crippen LogP contribution in [0, 0.1) is 0 Å². The van der Waals surface area contributed by atoms with E-state index < -0.39 is 0 Å². The van der Waals surface area contributed by atoms with Gasteiger partial charge in [0, 0.05) is 32.3 Å². The lowest BCUT2D eigenvalue weighted by Gasteiger charge is -2.26. The van der Waals surface area contributed by atoms with Crippen LogP contribution in [-0.2, 0) is 22.6 Å². The summed E-state index contributed by atoms with van der Waals surface area (Å²) >= 11 is 0. The van der Waals surface area contributed by atoms with Crippen molar-refractivity contribution in [1.82, 2.24) is 10.2 Å². The molecule has 7 nitrogen and oxygen atoms in total. The van der Waals surface area contributed by atoms with Crippen molar-refractivity contribution in [2.24, 2.45) is 0 Å². The van der Waals surface area contributed by atoms with E-state index in [1.165, 1.54) is 11.6 Å². The van der Waals surface area contributed by atoms with Crippen LogP contribution < -0.4 is 19.5 Å². The highest BCUT2D eigenvalue weighted by atomic mass is 16.6. The first-order valence-electron chi connectivity index (χ1n) is 10.5. The standard InChI is InChI=1S/C24H28N2O5/c1-28-21-14-20(15-22-24(21)31-13-12-30-22)6-7-23(27)25-16-18-2-4-19(5-3-18)17-26-8-10-29-11-9-26/h2-7,14-15H,8-13,16-17H2,1H3,(H,25,27)/b7-6+. The van der Waals surface area contributed by atoms with Gasteiger partial charge in [0.2, 0.25) is 11.7 Å². The van der Waals surface area contributed by atoms with Crippen molar-refractivity contribution in [2.45, 2.75) is 13.1 Å². The van der Waals surface area contributed by atoms with Gasteiger partial charge in [-0.1, -0.05) is 24.3 Å². The number of amides is 1. The minimum absolute atomic E-state index is 0.161. The average Bonchev–Trinajstić information content (AvgIpc) is 2.82. The highest BCUT2D eigenvalue weighted by Crippen LogP contribution is 2.40. The molecule has 0 atom stereocenters. The number of hydrogen-bond acceptors (Lipinski definition) is 6. The van der Waals surface area contributed by atoms with Crippen molar-refractivity contribution >= 4 is 12.0 Å². The number of morpholine rings is 1. The van der Waals surface area contributed by atoms with Gasteiger partial charge in [-0.2, -0.15) is 0 Å². The molecule has 2 aliphatic rings. The Morgan fingerprint density at radius 3 is 2.58 bits per heavy atom. The third-order valence-corrected chi connectivity index (χ3v) is 5.28. The van der Waals surface area contributed by atoms with Gasteiger partial charge in [-0.25, -0.2) is 0 Å². The molecule has 0 bridgehead atoms. The van der Waals surface area contributed by atoms with Gasteiger partial charge in [-0.05, 0) is 34.9 Å². The fourth-order valence-corrected chi connectivity index (χ4v) is 3.59. The fraction of sp³-hybridized carbons (Fsp3) is 0.375. The summed E-state index contributed by atoms with van der Waals surface area (Å²) in [4.78, 5) is 14.6. The van der Waals surface area contributed by atoms with E-state index >= 15 is 0 Å². The molecule has 0 aromatic heterocycles. The fourth-order valence-electron chi connectivity index (χ4n) is 3.59. The second kappa shape index (κ2) is 10.3. The predicted molar refractivity (Wildman–Crippen MR) is 117 cm³/mol. The maximum Gasteiger partial charge on any atom is 0.244 e. The summed E-state index contributed by atoms with van der Waals surface area (Å²) in [5.74, 6) is 1.66. The van der Waals surface area contributed by atoms with E-state index in [2.05, 4.69) is 34.5 Å². The average molecular weight is 424 g/mol. The van der Waals surface area contributed by atoms with Crippen molar-refractivity contribution < 1.29 is 23.7 Å². The minimum Gasteiger partial charge on any atom is -0.493 e. The molecule has 0 saturated carbocycles. The molecule has 2 aromatic rings. The van der Waals surface area contributed by atoms with E-state index in [9.17, 15) is 4.79 Å². The molecular formula is C24H28N2O5. The number of benzene rings is 2. The van der Waals surface area contributed by atoms with Gasteiger partial charge in [0.1, 0.15) is 13.2 Å². The molecule has 1 N–H and O–H groups in total. The maximum absolute atomic E-state index is 12.3. The van der Waals surface area contributed by atoms with E-state index in [-0.39, 0.29) is 5.91 Å². The number of fused-ring (bicyclic) bond motifs is 1. The molecular weight excluding hydrogens is 396 g/mol. The van der Waals surface area contributed by atoms with Crippen molar-refractivity contribution in [2.75, 3.05) is 46.6 Å². The van der Waals surface area contributed by atoms with Crippen molar-refractivity contribution in [3.8, 4) is 17.2 Å². The Balaban J connectivity index is 1.29. The van der Waals surface area contributed by atoms with Crippen LogP contribution in [0.1, 0.15) is 16.7 Å². The summed E-state index contributed by atoms with van der Waals surface area (Å²) < 4.78 is 22.0. The largest absolute Gasteiger partial charge is 0.493 e. The van der Waals surface area contributed by atoms with E-state index in [0.717, 1.165) is 44.0 Å². The lowest BCUT2D eigenvalue weighted by Crippen LogP contribution is -2.35. The second-order valence-electron chi connectivity index (χ2n) is 7.50. The first-order valence-corrected chi connectivity index (χ1v) is 10.5. The molecule has 0 unspecified atom stereocenters. The predicted octanol–water partition coefficient (Wildman–Crippen LogP) is 2.63. The van der Waals surface area contributed by atoms with Crippen molar-refractivity contribution in [1.29, 1.82) is 0 Å². The summed E-state index contributed by atoms with van der Waals surface area (Å²) in [5.41, 5.74) is 3.14. The third-order valence-electron chi connectivity index (χ3n) is 5.28. The van der Waals surface area contributed by atoms with Crippen LogP contribution >= 0.6 is 0 Å². The molecule has 31 heavy (non-hydrogen) atoms. The second-order valence-corrected chi connectivity index (χ2v) is 7.50. The van der Waals surface area contributed by atoms with Crippen LogP contribution in [0.25, 0.3) is 6.08 Å². The lowest BCUT2D eigenvalue weighted by atomic mass is 10.1. The van der Waals surface area contributed by atoms with Gasteiger partial charge < -0.3 is 24.3 Å². The summed E-state index contributed by atoms with van der Waals surface area (Å²) in [7, 11) is 1.58. The van der Waals surface area contributed by atoms with E-state index in [4.69, 9.17) is 18.9 Å². The van der Waals surface area contributed by atoms with Crippen LogP contribution in [0.4, 0.5) is 0 Å². The molecule has 0 aliphatic carbocycles. The Morgan fingerprint density at radius 2 is 1.81 bits per heavy atom. The molecule has 1 amide bonds. The van der Waals surface area contributed by atoms with Gasteiger partial charge in [0.25, 0.3) is 0 Å². The van der Waals surface area contributed by atoms with E-state index in [1.54, 1.807) is 13.2 Å². The first kappa shape index (κ1) is 21.2. The van der Waals surface area contributed by atoms with Crippen LogP contribution in [0.15, 0.2) is 42.5 Å². The molecule has 164 valence electrons. The zero-order chi connectivity index (χ0) is 21.5. The quantitative estimate of drug-likeness (QED) is 0.690. The number of rotatable bonds is 7. The Hall–Kier alpha value is -3.03. The minimum atomic E-state index is -0.161. The number of hydrogen-bond donors (Lipinski definition) is 1. The van der Waals surface area contributed by atoms with Crippen LogP contribution in [0.5, 0.6) is 17.2 Å². The normalized spacial score (nSPS) is 16.3. The summed E-state index contributed by atoms with van der Waals surface area (Å²) in [6.07, 6.45) is 3.25. The third kappa shape index (κ3) is 5.77. The Labute approximate surface area is 182 Å². The monoisotopic (exact) mass is 424 g/mol. The number of carbonyl (C=O) groups is 1. The zero-order valence-corrected chi connectivity index (χ0v) is 17.8. The number of carbonyl (C=O) groups excluding carboxylic acids is 1. The number of nitrogens with zero attached hydrogens (tertiary/aromatic N) is 1. The van der Waals surface area contributed by atoms with Gasteiger partial charge in [-0.15, -0.1) is 0 Å². The van der Waals surface area contributed by atoms with Crippen LogP contribution in [-0.4, -0.2) is 57.4 Å². The SMILES string of the molecule is COc1cc(/C=C/C(=O)NCc2ccc(CN3CCOCC3)cc2)cc2c1OCCO2. The molecule has 4 rings (SSSR count). The molecule has 0 spiro atoms. The van der Waals surface area contributed by atoms with E-state index in [0.29, 0.717) is 37.0 Å². The number of nitrogens with one attached hydrogen (secondary N) is 1. The molecule has 1 fully saturated rings. The summed E-state index contributed by atoms with van der Waals surface area (Å²) in [5, 5.41) is 2.92. The van der Waals surface area contributed by atoms with Crippen LogP contribution in [0.2, 0.25) is 0 Å². The Kier molecular flexibility index (Phi) is 7.07. The van der Waals surface area contributed by atoms with Gasteiger partial charge >= 0.3 is 0 Å². The molecule has 2 heterocycles. The van der Waals surface area contributed by atoms with Crippen molar-refractivity contribution in [3.05, 3.63) is 59.2 Å². The summed E-state index contributed by atoms with van der Waals surface area (Å²) in [6, 6.07) is 12.0. The zero-order valence-electron chi connectivity index (χ0n) is 17.8. The molecule has 2 aliphatic heterocycles. The maximum atomic E-state index is 12.3. The highest BCUT2D eigenvalue weighted by molar-refractivity contribution is 5.91. The molecule has 1 saturated heterocycles. The molecule has 0 radical (unpaired) electrons. The molecule has 2 aromatic carbocycles.